The summed E-state index contributed by atoms with van der Waals surface area (Å²) in [4.78, 5) is 25.9. The molecule has 1 aromatic heterocycles. The molecule has 0 unspecified atom stereocenters. The maximum absolute atomic E-state index is 11.3. The Labute approximate surface area is 109 Å². The average molecular weight is 272 g/mol. The minimum absolute atomic E-state index is 0.0458. The van der Waals surface area contributed by atoms with Crippen molar-refractivity contribution < 1.29 is 19.4 Å². The van der Waals surface area contributed by atoms with Gasteiger partial charge in [-0.05, 0) is 13.8 Å². The number of thioether (sulfide) groups is 1. The number of aryl methyl sites for hydroxylation is 1. The van der Waals surface area contributed by atoms with Crippen molar-refractivity contribution in [1.82, 2.24) is 9.55 Å². The van der Waals surface area contributed by atoms with Crippen LogP contribution in [0, 0.1) is 6.92 Å². The molecule has 0 aliphatic heterocycles. The third-order valence-electron chi connectivity index (χ3n) is 2.19. The van der Waals surface area contributed by atoms with Crippen molar-refractivity contribution in [3.8, 4) is 0 Å². The first-order valence-electron chi connectivity index (χ1n) is 5.57. The number of rotatable bonds is 7. The lowest BCUT2D eigenvalue weighted by molar-refractivity contribution is -0.143. The zero-order valence-corrected chi connectivity index (χ0v) is 11.2. The van der Waals surface area contributed by atoms with E-state index in [4.69, 9.17) is 9.84 Å². The molecular formula is C11H16N2O4S. The Kier molecular flexibility index (Phi) is 5.70. The number of imidazole rings is 1. The topological polar surface area (TPSA) is 81.4 Å². The molecule has 6 nitrogen and oxygen atoms in total. The third kappa shape index (κ3) is 4.40. The van der Waals surface area contributed by atoms with E-state index in [9.17, 15) is 9.59 Å². The number of carbonyl (C=O) groups excluding carboxylic acids is 1. The molecule has 7 heteroatoms. The van der Waals surface area contributed by atoms with Gasteiger partial charge < -0.3 is 14.4 Å². The van der Waals surface area contributed by atoms with Gasteiger partial charge >= 0.3 is 11.9 Å². The summed E-state index contributed by atoms with van der Waals surface area (Å²) in [5, 5.41) is 9.24. The molecule has 1 rings (SSSR count). The summed E-state index contributed by atoms with van der Waals surface area (Å²) in [7, 11) is 0. The van der Waals surface area contributed by atoms with Crippen LogP contribution in [0.4, 0.5) is 0 Å². The quantitative estimate of drug-likeness (QED) is 0.595. The fourth-order valence-corrected chi connectivity index (χ4v) is 2.16. The molecule has 0 amide bonds. The van der Waals surface area contributed by atoms with Crippen molar-refractivity contribution >= 4 is 23.7 Å². The number of carbonyl (C=O) groups is 2. The first-order chi connectivity index (χ1) is 8.54. The highest BCUT2D eigenvalue weighted by molar-refractivity contribution is 7.99. The van der Waals surface area contributed by atoms with Gasteiger partial charge in [0, 0.05) is 18.4 Å². The second-order valence-corrected chi connectivity index (χ2v) is 4.51. The molecule has 1 N–H and O–H groups in total. The highest BCUT2D eigenvalue weighted by atomic mass is 32.2. The first-order valence-corrected chi connectivity index (χ1v) is 6.55. The SMILES string of the molecule is CCOC(=O)CCn1c(C)cnc1SCC(=O)O. The van der Waals surface area contributed by atoms with Gasteiger partial charge in [0.1, 0.15) is 0 Å². The Morgan fingerprint density at radius 2 is 2.28 bits per heavy atom. The Bertz CT molecular complexity index is 431. The minimum atomic E-state index is -0.891. The molecule has 0 aliphatic carbocycles. The molecule has 0 radical (unpaired) electrons. The predicted octanol–water partition coefficient (Wildman–Crippen LogP) is 1.32. The van der Waals surface area contributed by atoms with Gasteiger partial charge in [-0.15, -0.1) is 0 Å². The molecule has 100 valence electrons. The van der Waals surface area contributed by atoms with Gasteiger partial charge in [-0.3, -0.25) is 9.59 Å². The van der Waals surface area contributed by atoms with Crippen LogP contribution >= 0.6 is 11.8 Å². The monoisotopic (exact) mass is 272 g/mol. The van der Waals surface area contributed by atoms with Crippen molar-refractivity contribution in [2.75, 3.05) is 12.4 Å². The van der Waals surface area contributed by atoms with Gasteiger partial charge in [0.2, 0.25) is 0 Å². The highest BCUT2D eigenvalue weighted by Crippen LogP contribution is 2.18. The number of nitrogens with zero attached hydrogens (tertiary/aromatic N) is 2. The molecule has 0 fully saturated rings. The summed E-state index contributed by atoms with van der Waals surface area (Å²) in [6.45, 7) is 4.44. The molecule has 0 aromatic carbocycles. The third-order valence-corrected chi connectivity index (χ3v) is 3.16. The minimum Gasteiger partial charge on any atom is -0.481 e. The Hall–Kier alpha value is -1.50. The molecule has 0 spiro atoms. The molecule has 18 heavy (non-hydrogen) atoms. The van der Waals surface area contributed by atoms with E-state index in [0.717, 1.165) is 17.5 Å². The van der Waals surface area contributed by atoms with Crippen molar-refractivity contribution in [3.05, 3.63) is 11.9 Å². The largest absolute Gasteiger partial charge is 0.481 e. The van der Waals surface area contributed by atoms with Crippen LogP contribution in [-0.4, -0.2) is 39.0 Å². The van der Waals surface area contributed by atoms with Gasteiger partial charge in [0.15, 0.2) is 5.16 Å². The second-order valence-electron chi connectivity index (χ2n) is 3.57. The van der Waals surface area contributed by atoms with Crippen molar-refractivity contribution in [1.29, 1.82) is 0 Å². The lowest BCUT2D eigenvalue weighted by atomic mass is 10.4. The highest BCUT2D eigenvalue weighted by Gasteiger charge is 2.11. The lowest BCUT2D eigenvalue weighted by Crippen LogP contribution is -2.11. The average Bonchev–Trinajstić information content (AvgIpc) is 2.65. The molecule has 0 bridgehead atoms. The standard InChI is InChI=1S/C11H16N2O4S/c1-3-17-10(16)4-5-13-8(2)6-12-11(13)18-7-9(14)15/h6H,3-5,7H2,1-2H3,(H,14,15). The summed E-state index contributed by atoms with van der Waals surface area (Å²) in [6, 6.07) is 0. The van der Waals surface area contributed by atoms with E-state index in [1.54, 1.807) is 13.1 Å². The van der Waals surface area contributed by atoms with Crippen molar-refractivity contribution in [2.45, 2.75) is 32.0 Å². The van der Waals surface area contributed by atoms with Gasteiger partial charge in [0.25, 0.3) is 0 Å². The smallest absolute Gasteiger partial charge is 0.313 e. The maximum atomic E-state index is 11.3. The molecule has 1 heterocycles. The molecule has 0 saturated carbocycles. The van der Waals surface area contributed by atoms with Gasteiger partial charge in [0.05, 0.1) is 18.8 Å². The summed E-state index contributed by atoms with van der Waals surface area (Å²) in [6.07, 6.45) is 1.92. The Morgan fingerprint density at radius 3 is 2.89 bits per heavy atom. The molecule has 0 saturated heterocycles. The van der Waals surface area contributed by atoms with Gasteiger partial charge in [-0.25, -0.2) is 4.98 Å². The number of carboxylic acid groups (broad SMARTS) is 1. The van der Waals surface area contributed by atoms with Crippen molar-refractivity contribution in [2.24, 2.45) is 0 Å². The zero-order valence-electron chi connectivity index (χ0n) is 10.4. The number of aliphatic carboxylic acids is 1. The predicted molar refractivity (Wildman–Crippen MR) is 66.6 cm³/mol. The van der Waals surface area contributed by atoms with Crippen LogP contribution in [0.2, 0.25) is 0 Å². The summed E-state index contributed by atoms with van der Waals surface area (Å²) in [5.74, 6) is -1.20. The molecule has 1 aromatic rings. The van der Waals surface area contributed by atoms with Crippen LogP contribution in [0.3, 0.4) is 0 Å². The zero-order chi connectivity index (χ0) is 13.5. The van der Waals surface area contributed by atoms with E-state index in [1.807, 2.05) is 11.5 Å². The van der Waals surface area contributed by atoms with E-state index >= 15 is 0 Å². The second kappa shape index (κ2) is 7.05. The van der Waals surface area contributed by atoms with E-state index < -0.39 is 5.97 Å². The number of esters is 1. The first kappa shape index (κ1) is 14.6. The number of ether oxygens (including phenoxy) is 1. The van der Waals surface area contributed by atoms with Crippen LogP contribution in [0.25, 0.3) is 0 Å². The Morgan fingerprint density at radius 1 is 1.56 bits per heavy atom. The van der Waals surface area contributed by atoms with E-state index in [0.29, 0.717) is 18.3 Å². The van der Waals surface area contributed by atoms with Crippen molar-refractivity contribution in [3.63, 3.8) is 0 Å². The summed E-state index contributed by atoms with van der Waals surface area (Å²) >= 11 is 1.14. The number of hydrogen-bond donors (Lipinski definition) is 1. The van der Waals surface area contributed by atoms with Crippen LogP contribution in [-0.2, 0) is 20.9 Å². The normalized spacial score (nSPS) is 10.3. The van der Waals surface area contributed by atoms with Gasteiger partial charge in [-0.1, -0.05) is 11.8 Å². The molecule has 0 atom stereocenters. The Balaban J connectivity index is 2.60. The van der Waals surface area contributed by atoms with E-state index in [2.05, 4.69) is 4.98 Å². The van der Waals surface area contributed by atoms with E-state index in [1.165, 1.54) is 0 Å². The summed E-state index contributed by atoms with van der Waals surface area (Å²) in [5.41, 5.74) is 0.896. The number of carboxylic acids is 1. The lowest BCUT2D eigenvalue weighted by Gasteiger charge is -2.08. The van der Waals surface area contributed by atoms with Crippen LogP contribution in [0.15, 0.2) is 11.4 Å². The molecular weight excluding hydrogens is 256 g/mol. The molecule has 0 aliphatic rings. The van der Waals surface area contributed by atoms with Crippen LogP contribution < -0.4 is 0 Å². The fourth-order valence-electron chi connectivity index (χ4n) is 1.39. The van der Waals surface area contributed by atoms with E-state index in [-0.39, 0.29) is 18.1 Å². The van der Waals surface area contributed by atoms with Crippen LogP contribution in [0.5, 0.6) is 0 Å². The summed E-state index contributed by atoms with van der Waals surface area (Å²) < 4.78 is 6.67. The number of aromatic nitrogens is 2. The number of hydrogen-bond acceptors (Lipinski definition) is 5. The maximum Gasteiger partial charge on any atom is 0.313 e. The van der Waals surface area contributed by atoms with Crippen LogP contribution in [0.1, 0.15) is 19.0 Å². The fraction of sp³-hybridized carbons (Fsp3) is 0.545. The van der Waals surface area contributed by atoms with Gasteiger partial charge in [-0.2, -0.15) is 0 Å².